The number of hydrogen-bond acceptors (Lipinski definition) is 21. The maximum Gasteiger partial charge on any atom is 0.407 e. The van der Waals surface area contributed by atoms with Crippen molar-refractivity contribution < 1.29 is 76.1 Å². The molecule has 28 nitrogen and oxygen atoms in total. The van der Waals surface area contributed by atoms with E-state index in [1.807, 2.05) is 97.9 Å². The van der Waals surface area contributed by atoms with Gasteiger partial charge in [0.25, 0.3) is 11.8 Å². The number of carbonyl (C=O) groups excluding carboxylic acids is 4. The minimum Gasteiger partial charge on any atom is -0.508 e. The number of phenolic OH excluding ortho intramolecular Hbond substituents is 1. The van der Waals surface area contributed by atoms with E-state index in [4.69, 9.17) is 86.8 Å². The number of phenols is 1. The summed E-state index contributed by atoms with van der Waals surface area (Å²) in [6, 6.07) is 85.6. The number of amidine groups is 1. The van der Waals surface area contributed by atoms with Gasteiger partial charge < -0.3 is 76.5 Å². The standard InChI is InChI=1S/C23H20N2O2.C22H22N4O4S.C14H18N2O3.C14H12O2.C9H10N2O.C7H15NO3.C7H5NO/c1-17-5-2-3-8-22(17)19-9-11-20(12-10-19)23(26)25-13-14-27-21-7-4-6-18(15-21)16-24;23-21(24)17-4-3-5-18(14-17)30-13-12-26-22(27)16-10-8-15(9-11-16)19-6-1-2-7-20(19)31(25,28)29;1-14(2,3)19-13(17)16-7-8-18-12-6-4-5-11(9-12)10-15;1-10-4-2-3-5-13(10)11-6-8-12(9-7-11)14(15)16;10-4-5-12-9-3-1-2-8(6-9)7-11;1-7(2,3)11-6(10)8-4-5-9;8-5-6-2-1-3-7(9)4-6/h2-12,15H,13-14H2,1H3,(H,25,26);1-11,14H,12-13H2,(H3,23,24)(H,26,27)(H2,25,28,29);4-6,9H,7-8H2,1-3H3,(H,16,17);2-9H,1H3,(H,15,16);1-3,6H,4-5,10H2;9H,4-5H2,1-3H3,(H,8,10);1-4,9H. The number of aromatic hydroxyl groups is 1. The number of aliphatic hydroxyl groups is 1. The molecule has 29 heteroatoms. The fourth-order valence-electron chi connectivity index (χ4n) is 10.6. The Kier molecular flexibility index (Phi) is 42.2. The van der Waals surface area contributed by atoms with Crippen molar-refractivity contribution in [3.8, 4) is 86.4 Å². The number of nitrogens with one attached hydrogen (secondary N) is 5. The molecule has 14 N–H and O–H groups in total. The molecule has 0 atom stereocenters. The number of nitriles is 4. The van der Waals surface area contributed by atoms with Gasteiger partial charge in [0.05, 0.1) is 83.2 Å². The van der Waals surface area contributed by atoms with Gasteiger partial charge in [0.2, 0.25) is 10.0 Å². The van der Waals surface area contributed by atoms with Crippen LogP contribution in [-0.2, 0) is 19.5 Å². The van der Waals surface area contributed by atoms with Crippen molar-refractivity contribution >= 4 is 45.8 Å². The molecule has 648 valence electrons. The van der Waals surface area contributed by atoms with Gasteiger partial charge in [-0.05, 0) is 222 Å². The second-order valence-corrected chi connectivity index (χ2v) is 30.0. The third kappa shape index (κ3) is 38.7. The van der Waals surface area contributed by atoms with E-state index in [-0.39, 0.29) is 54.6 Å². The van der Waals surface area contributed by atoms with Crippen LogP contribution in [0.15, 0.2) is 272 Å². The summed E-state index contributed by atoms with van der Waals surface area (Å²) in [6.07, 6.45) is -0.964. The van der Waals surface area contributed by atoms with Crippen LogP contribution in [0.2, 0.25) is 0 Å². The molecule has 0 radical (unpaired) electrons. The first-order valence-electron chi connectivity index (χ1n) is 38.9. The molecule has 0 bridgehead atoms. The third-order valence-corrected chi connectivity index (χ3v) is 17.3. The number of nitrogens with zero attached hydrogens (tertiary/aromatic N) is 4. The lowest BCUT2D eigenvalue weighted by Gasteiger charge is -2.19. The molecule has 0 aliphatic rings. The number of ether oxygens (including phenoxy) is 6. The van der Waals surface area contributed by atoms with Crippen LogP contribution in [0, 0.1) is 64.6 Å². The van der Waals surface area contributed by atoms with Crippen LogP contribution < -0.4 is 56.8 Å². The first-order valence-corrected chi connectivity index (χ1v) is 40.4. The summed E-state index contributed by atoms with van der Waals surface area (Å²) in [5.41, 5.74) is 21.7. The number of sulfonamides is 1. The van der Waals surface area contributed by atoms with Gasteiger partial charge >= 0.3 is 18.2 Å². The van der Waals surface area contributed by atoms with Crippen molar-refractivity contribution in [2.75, 3.05) is 65.8 Å². The molecule has 0 saturated carbocycles. The lowest BCUT2D eigenvalue weighted by molar-refractivity contribution is 0.0508. The van der Waals surface area contributed by atoms with Crippen molar-refractivity contribution in [1.82, 2.24) is 21.3 Å². The summed E-state index contributed by atoms with van der Waals surface area (Å²) < 4.78 is 55.3. The molecule has 11 rings (SSSR count). The number of carbonyl (C=O) groups is 5. The molecule has 0 unspecified atom stereocenters. The maximum atomic E-state index is 12.3. The number of hydrogen-bond donors (Lipinski definition) is 11. The average Bonchev–Trinajstić information content (AvgIpc) is 0.801. The highest BCUT2D eigenvalue weighted by Crippen LogP contribution is 2.29. The predicted molar refractivity (Wildman–Crippen MR) is 478 cm³/mol. The Morgan fingerprint density at radius 3 is 1.10 bits per heavy atom. The van der Waals surface area contributed by atoms with E-state index in [1.165, 1.54) is 29.3 Å². The number of carboxylic acids is 1. The van der Waals surface area contributed by atoms with E-state index in [9.17, 15) is 32.4 Å². The van der Waals surface area contributed by atoms with E-state index < -0.39 is 39.4 Å². The first-order chi connectivity index (χ1) is 59.7. The Morgan fingerprint density at radius 1 is 0.416 bits per heavy atom. The van der Waals surface area contributed by atoms with Crippen LogP contribution in [0.25, 0.3) is 33.4 Å². The smallest absolute Gasteiger partial charge is 0.407 e. The summed E-state index contributed by atoms with van der Waals surface area (Å²) in [4.78, 5) is 57.5. The average molecular weight is 1710 g/mol. The number of nitrogens with two attached hydrogens (primary N) is 3. The Labute approximate surface area is 728 Å². The molecule has 0 aliphatic heterocycles. The number of primary sulfonamides is 1. The number of nitrogen functional groups attached to an aromatic ring is 1. The highest BCUT2D eigenvalue weighted by Gasteiger charge is 2.19. The SMILES string of the molecule is CC(C)(C)OC(=O)NCCO.CC(C)(C)OC(=O)NCCOc1cccc(C#N)c1.Cc1ccccc1-c1ccc(C(=O)NCCOc2cccc(C#N)c2)cc1.Cc1ccccc1-c1ccc(C(=O)O)cc1.N#Cc1cccc(O)c1.N#Cc1cccc(OCCN)c1.N=C(N)c1cccc(OCCNC(=O)c2ccc(-c3ccccc3S(N)(=O)=O)cc2)c1. The van der Waals surface area contributed by atoms with Crippen LogP contribution >= 0.6 is 0 Å². The number of rotatable bonds is 25. The summed E-state index contributed by atoms with van der Waals surface area (Å²) >= 11 is 0. The molecule has 0 fully saturated rings. The Bertz CT molecular complexity index is 5640. The van der Waals surface area contributed by atoms with Gasteiger partial charge in [-0.2, -0.15) is 21.0 Å². The van der Waals surface area contributed by atoms with Gasteiger partial charge in [-0.1, -0.05) is 140 Å². The minimum absolute atomic E-state index is 0.0261. The zero-order valence-electron chi connectivity index (χ0n) is 70.6. The molecular weight excluding hydrogens is 1610 g/mol. The molecule has 125 heavy (non-hydrogen) atoms. The largest absolute Gasteiger partial charge is 0.508 e. The van der Waals surface area contributed by atoms with E-state index >= 15 is 0 Å². The monoisotopic (exact) mass is 1710 g/mol. The zero-order valence-corrected chi connectivity index (χ0v) is 71.4. The summed E-state index contributed by atoms with van der Waals surface area (Å²) in [5.74, 6) is 1.24. The predicted octanol–water partition coefficient (Wildman–Crippen LogP) is 14.9. The second kappa shape index (κ2) is 52.6. The molecular formula is C96H102N12O16S. The molecule has 0 heterocycles. The van der Waals surface area contributed by atoms with Gasteiger partial charge in [-0.15, -0.1) is 0 Å². The number of carboxylic acid groups (broad SMARTS) is 1. The normalized spacial score (nSPS) is 10.2. The van der Waals surface area contributed by atoms with Crippen molar-refractivity contribution in [2.24, 2.45) is 16.6 Å². The highest BCUT2D eigenvalue weighted by molar-refractivity contribution is 7.89. The number of aryl methyl sites for hydroxylation is 2. The number of amides is 4. The fourth-order valence-corrected chi connectivity index (χ4v) is 11.4. The number of aromatic carboxylic acids is 1. The number of aliphatic hydroxyl groups excluding tert-OH is 1. The highest BCUT2D eigenvalue weighted by atomic mass is 32.2. The molecule has 11 aromatic rings. The quantitative estimate of drug-likeness (QED) is 0.0144. The van der Waals surface area contributed by atoms with Crippen molar-refractivity contribution in [3.05, 3.63) is 323 Å². The topological polar surface area (TPSA) is 481 Å². The van der Waals surface area contributed by atoms with Crippen LogP contribution in [0.5, 0.6) is 28.7 Å². The van der Waals surface area contributed by atoms with Gasteiger partial charge in [-0.25, -0.2) is 27.9 Å². The van der Waals surface area contributed by atoms with Crippen molar-refractivity contribution in [1.29, 1.82) is 26.5 Å². The molecule has 0 aromatic heterocycles. The summed E-state index contributed by atoms with van der Waals surface area (Å²) in [6.45, 7) is 17.9. The van der Waals surface area contributed by atoms with E-state index in [0.717, 1.165) is 22.3 Å². The van der Waals surface area contributed by atoms with Crippen LogP contribution in [0.3, 0.4) is 0 Å². The maximum absolute atomic E-state index is 12.3. The summed E-state index contributed by atoms with van der Waals surface area (Å²) in [7, 11) is -3.87. The van der Waals surface area contributed by atoms with E-state index in [2.05, 4.69) is 46.4 Å². The zero-order chi connectivity index (χ0) is 91.7. The van der Waals surface area contributed by atoms with Gasteiger partial charge in [0, 0.05) is 35.3 Å². The molecule has 0 spiro atoms. The molecule has 11 aromatic carbocycles. The molecule has 0 saturated heterocycles. The van der Waals surface area contributed by atoms with Gasteiger partial charge in [-0.3, -0.25) is 15.0 Å². The first kappa shape index (κ1) is 100. The minimum atomic E-state index is -3.87. The molecule has 4 amide bonds. The Hall–Kier alpha value is -15.4. The van der Waals surface area contributed by atoms with Crippen molar-refractivity contribution in [3.63, 3.8) is 0 Å². The Balaban J connectivity index is 0.000000270. The molecule has 0 aliphatic carbocycles. The third-order valence-electron chi connectivity index (χ3n) is 16.4. The van der Waals surface area contributed by atoms with Crippen LogP contribution in [0.4, 0.5) is 9.59 Å². The second-order valence-electron chi connectivity index (χ2n) is 28.5. The van der Waals surface area contributed by atoms with Crippen LogP contribution in [-0.4, -0.2) is 137 Å². The fraction of sp³-hybridized carbons (Fsp3) is 0.208. The lowest BCUT2D eigenvalue weighted by Crippen LogP contribution is -2.34. The van der Waals surface area contributed by atoms with E-state index in [1.54, 1.807) is 205 Å². The Morgan fingerprint density at radius 2 is 0.752 bits per heavy atom. The van der Waals surface area contributed by atoms with Crippen molar-refractivity contribution in [2.45, 2.75) is 71.5 Å². The summed E-state index contributed by atoms with van der Waals surface area (Å²) in [5, 5.41) is 83.7. The van der Waals surface area contributed by atoms with Gasteiger partial charge in [0.1, 0.15) is 72.2 Å². The number of alkyl carbamates (subject to hydrolysis) is 2. The van der Waals surface area contributed by atoms with Gasteiger partial charge in [0.15, 0.2) is 0 Å². The van der Waals surface area contributed by atoms with E-state index in [0.29, 0.717) is 118 Å². The lowest BCUT2D eigenvalue weighted by atomic mass is 9.99. The number of benzene rings is 11. The van der Waals surface area contributed by atoms with Crippen LogP contribution in [0.1, 0.15) is 112 Å².